The zero-order chi connectivity index (χ0) is 21.7. The van der Waals surface area contributed by atoms with Crippen molar-refractivity contribution in [3.8, 4) is 0 Å². The molecule has 4 rings (SSSR count). The number of hydrogen-bond donors (Lipinski definition) is 2. The summed E-state index contributed by atoms with van der Waals surface area (Å²) in [6, 6.07) is 12.8. The van der Waals surface area contributed by atoms with E-state index in [4.69, 9.17) is 0 Å². The van der Waals surface area contributed by atoms with E-state index < -0.39 is 10.0 Å². The number of nitrogens with zero attached hydrogens (tertiary/aromatic N) is 1. The average Bonchev–Trinajstić information content (AvgIpc) is 3.26. The van der Waals surface area contributed by atoms with E-state index >= 15 is 0 Å². The van der Waals surface area contributed by atoms with Crippen molar-refractivity contribution < 1.29 is 13.2 Å². The van der Waals surface area contributed by atoms with Crippen molar-refractivity contribution in [3.05, 3.63) is 70.7 Å². The summed E-state index contributed by atoms with van der Waals surface area (Å²) in [4.78, 5) is 16.3. The van der Waals surface area contributed by atoms with Gasteiger partial charge in [-0.25, -0.2) is 13.4 Å². The van der Waals surface area contributed by atoms with Gasteiger partial charge in [0.25, 0.3) is 10.0 Å². The highest BCUT2D eigenvalue weighted by molar-refractivity contribution is 7.93. The lowest BCUT2D eigenvalue weighted by molar-refractivity contribution is -0.116. The van der Waals surface area contributed by atoms with Gasteiger partial charge in [-0.05, 0) is 79.5 Å². The number of carbonyl (C=O) groups is 1. The van der Waals surface area contributed by atoms with E-state index in [1.165, 1.54) is 65.6 Å². The van der Waals surface area contributed by atoms with E-state index in [0.29, 0.717) is 17.2 Å². The Morgan fingerprint density at radius 1 is 1.03 bits per heavy atom. The SMILES string of the molecule is O=C(CCCc1ccc2c(c1)CCCC2)Nc1ccc(S(=O)(=O)Nc2nccs2)cc1. The standard InChI is InChI=1S/C23H25N3O3S2/c27-22(7-3-4-17-8-9-18-5-1-2-6-19(18)16-17)25-20-10-12-21(13-11-20)31(28,29)26-23-24-14-15-30-23/h8-16H,1-7H2,(H,24,26)(H,25,27). The predicted octanol–water partition coefficient (Wildman–Crippen LogP) is 4.78. The van der Waals surface area contributed by atoms with Gasteiger partial charge >= 0.3 is 0 Å². The van der Waals surface area contributed by atoms with Crippen LogP contribution in [-0.2, 0) is 34.1 Å². The fourth-order valence-electron chi connectivity index (χ4n) is 3.78. The smallest absolute Gasteiger partial charge is 0.263 e. The van der Waals surface area contributed by atoms with Gasteiger partial charge in [0.2, 0.25) is 5.91 Å². The number of aryl methyl sites for hydroxylation is 3. The normalized spacial score (nSPS) is 13.4. The van der Waals surface area contributed by atoms with E-state index in [1.54, 1.807) is 17.5 Å². The van der Waals surface area contributed by atoms with Crippen LogP contribution in [0, 0.1) is 0 Å². The third kappa shape index (κ3) is 5.71. The molecule has 3 aromatic rings. The molecule has 1 aromatic heterocycles. The highest BCUT2D eigenvalue weighted by atomic mass is 32.2. The van der Waals surface area contributed by atoms with Crippen LogP contribution in [0.3, 0.4) is 0 Å². The zero-order valence-electron chi connectivity index (χ0n) is 17.1. The molecule has 0 spiro atoms. The number of nitrogens with one attached hydrogen (secondary N) is 2. The predicted molar refractivity (Wildman–Crippen MR) is 124 cm³/mol. The lowest BCUT2D eigenvalue weighted by Crippen LogP contribution is -2.14. The molecule has 0 bridgehead atoms. The van der Waals surface area contributed by atoms with Crippen LogP contribution >= 0.6 is 11.3 Å². The van der Waals surface area contributed by atoms with E-state index in [2.05, 4.69) is 33.2 Å². The quantitative estimate of drug-likeness (QED) is 0.511. The molecule has 162 valence electrons. The first kappa shape index (κ1) is 21.5. The van der Waals surface area contributed by atoms with Crippen LogP contribution in [0.2, 0.25) is 0 Å². The molecule has 8 heteroatoms. The number of anilines is 2. The van der Waals surface area contributed by atoms with Crippen LogP contribution in [0.1, 0.15) is 42.4 Å². The fraction of sp³-hybridized carbons (Fsp3) is 0.304. The third-order valence-corrected chi connectivity index (χ3v) is 7.56. The molecule has 0 saturated heterocycles. The van der Waals surface area contributed by atoms with Gasteiger partial charge < -0.3 is 5.32 Å². The molecular weight excluding hydrogens is 430 g/mol. The van der Waals surface area contributed by atoms with Gasteiger partial charge in [-0.2, -0.15) is 0 Å². The van der Waals surface area contributed by atoms with Crippen molar-refractivity contribution in [3.63, 3.8) is 0 Å². The summed E-state index contributed by atoms with van der Waals surface area (Å²) in [5, 5.41) is 4.85. The Bertz CT molecular complexity index is 1140. The molecule has 2 N–H and O–H groups in total. The first-order valence-electron chi connectivity index (χ1n) is 10.4. The molecule has 6 nitrogen and oxygen atoms in total. The van der Waals surface area contributed by atoms with Crippen molar-refractivity contribution in [2.45, 2.75) is 49.8 Å². The topological polar surface area (TPSA) is 88.2 Å². The van der Waals surface area contributed by atoms with Crippen LogP contribution in [-0.4, -0.2) is 19.3 Å². The van der Waals surface area contributed by atoms with E-state index in [0.717, 1.165) is 19.3 Å². The Hall–Kier alpha value is -2.71. The van der Waals surface area contributed by atoms with Crippen molar-refractivity contribution >= 4 is 38.1 Å². The van der Waals surface area contributed by atoms with Gasteiger partial charge in [0.1, 0.15) is 0 Å². The molecule has 0 fully saturated rings. The molecule has 1 heterocycles. The monoisotopic (exact) mass is 455 g/mol. The van der Waals surface area contributed by atoms with E-state index in [9.17, 15) is 13.2 Å². The molecular formula is C23H25N3O3S2. The van der Waals surface area contributed by atoms with Crippen LogP contribution in [0.4, 0.5) is 10.8 Å². The zero-order valence-corrected chi connectivity index (χ0v) is 18.8. The lowest BCUT2D eigenvalue weighted by atomic mass is 9.89. The van der Waals surface area contributed by atoms with Gasteiger partial charge in [0, 0.05) is 23.7 Å². The number of rotatable bonds is 8. The minimum atomic E-state index is -3.69. The van der Waals surface area contributed by atoms with Crippen LogP contribution in [0.25, 0.3) is 0 Å². The van der Waals surface area contributed by atoms with Gasteiger partial charge in [-0.3, -0.25) is 9.52 Å². The summed E-state index contributed by atoms with van der Waals surface area (Å²) >= 11 is 1.21. The van der Waals surface area contributed by atoms with Crippen LogP contribution in [0.15, 0.2) is 58.9 Å². The van der Waals surface area contributed by atoms with Crippen LogP contribution in [0.5, 0.6) is 0 Å². The maximum atomic E-state index is 12.4. The van der Waals surface area contributed by atoms with Crippen LogP contribution < -0.4 is 10.0 Å². The summed E-state index contributed by atoms with van der Waals surface area (Å²) in [6.07, 6.45) is 8.49. The van der Waals surface area contributed by atoms with Gasteiger partial charge in [-0.1, -0.05) is 18.2 Å². The molecule has 1 aliphatic rings. The van der Waals surface area contributed by atoms with Crippen molar-refractivity contribution in [1.29, 1.82) is 0 Å². The average molecular weight is 456 g/mol. The maximum Gasteiger partial charge on any atom is 0.263 e. The number of carbonyl (C=O) groups excluding carboxylic acids is 1. The molecule has 31 heavy (non-hydrogen) atoms. The Balaban J connectivity index is 1.27. The number of aromatic nitrogens is 1. The Morgan fingerprint density at radius 2 is 1.81 bits per heavy atom. The first-order valence-corrected chi connectivity index (χ1v) is 12.8. The Morgan fingerprint density at radius 3 is 2.55 bits per heavy atom. The summed E-state index contributed by atoms with van der Waals surface area (Å²) in [5.41, 5.74) is 4.80. The van der Waals surface area contributed by atoms with Gasteiger partial charge in [-0.15, -0.1) is 11.3 Å². The lowest BCUT2D eigenvalue weighted by Gasteiger charge is -2.16. The third-order valence-electron chi connectivity index (χ3n) is 5.38. The molecule has 1 aliphatic carbocycles. The molecule has 1 amide bonds. The minimum absolute atomic E-state index is 0.0746. The second kappa shape index (κ2) is 9.62. The number of thiazole rings is 1. The fourth-order valence-corrected chi connectivity index (χ4v) is 5.57. The Labute approximate surface area is 186 Å². The van der Waals surface area contributed by atoms with E-state index in [1.807, 2.05) is 0 Å². The Kier molecular flexibility index (Phi) is 6.67. The molecule has 2 aromatic carbocycles. The highest BCUT2D eigenvalue weighted by Crippen LogP contribution is 2.23. The second-order valence-electron chi connectivity index (χ2n) is 7.68. The molecule has 0 saturated carbocycles. The number of amides is 1. The number of hydrogen-bond acceptors (Lipinski definition) is 5. The maximum absolute atomic E-state index is 12.4. The minimum Gasteiger partial charge on any atom is -0.326 e. The van der Waals surface area contributed by atoms with Crippen molar-refractivity contribution in [2.24, 2.45) is 0 Å². The number of benzene rings is 2. The van der Waals surface area contributed by atoms with E-state index in [-0.39, 0.29) is 10.8 Å². The summed E-state index contributed by atoms with van der Waals surface area (Å²) in [5.74, 6) is -0.0746. The second-order valence-corrected chi connectivity index (χ2v) is 10.3. The van der Waals surface area contributed by atoms with Crippen molar-refractivity contribution in [2.75, 3.05) is 10.0 Å². The summed E-state index contributed by atoms with van der Waals surface area (Å²) < 4.78 is 27.2. The molecule has 0 radical (unpaired) electrons. The summed E-state index contributed by atoms with van der Waals surface area (Å²) in [7, 11) is -3.69. The summed E-state index contributed by atoms with van der Waals surface area (Å²) in [6.45, 7) is 0. The number of sulfonamides is 1. The largest absolute Gasteiger partial charge is 0.326 e. The van der Waals surface area contributed by atoms with Gasteiger partial charge in [0.05, 0.1) is 4.90 Å². The number of fused-ring (bicyclic) bond motifs is 1. The van der Waals surface area contributed by atoms with Crippen molar-refractivity contribution in [1.82, 2.24) is 4.98 Å². The van der Waals surface area contributed by atoms with Gasteiger partial charge in [0.15, 0.2) is 5.13 Å². The molecule has 0 unspecified atom stereocenters. The molecule has 0 aliphatic heterocycles. The highest BCUT2D eigenvalue weighted by Gasteiger charge is 2.15. The first-order chi connectivity index (χ1) is 15.0. The molecule has 0 atom stereocenters.